The molecule has 1 saturated heterocycles. The molecular weight excluding hydrogens is 394 g/mol. The third-order valence-electron chi connectivity index (χ3n) is 6.02. The number of ketones is 1. The van der Waals surface area contributed by atoms with Crippen molar-refractivity contribution in [3.05, 3.63) is 82.9 Å². The molecule has 2 aromatic carbocycles. The highest BCUT2D eigenvalue weighted by Gasteiger charge is 2.42. The van der Waals surface area contributed by atoms with Crippen LogP contribution in [0.2, 0.25) is 0 Å². The number of likely N-dealkylation sites (tertiary alicyclic amines) is 1. The molecule has 1 aliphatic heterocycles. The molecule has 1 N–H and O–H groups in total. The second kappa shape index (κ2) is 10.7. The summed E-state index contributed by atoms with van der Waals surface area (Å²) in [6.45, 7) is 8.42. The maximum atomic E-state index is 13.1. The number of nitrogens with zero attached hydrogens (tertiary/aromatic N) is 1. The molecule has 1 fully saturated rings. The van der Waals surface area contributed by atoms with E-state index < -0.39 is 11.5 Å². The van der Waals surface area contributed by atoms with Crippen molar-refractivity contribution in [3.8, 4) is 0 Å². The summed E-state index contributed by atoms with van der Waals surface area (Å²) in [7, 11) is 0. The average Bonchev–Trinajstić information content (AvgIpc) is 2.73. The lowest BCUT2D eigenvalue weighted by Crippen LogP contribution is -2.53. The van der Waals surface area contributed by atoms with Crippen molar-refractivity contribution in [3.63, 3.8) is 0 Å². The van der Waals surface area contributed by atoms with Gasteiger partial charge in [-0.05, 0) is 55.1 Å². The molecule has 0 aliphatic carbocycles. The van der Waals surface area contributed by atoms with E-state index in [0.29, 0.717) is 13.0 Å². The molecular formula is C26H32ClNO2. The molecule has 0 bridgehead atoms. The quantitative estimate of drug-likeness (QED) is 0.655. The first-order valence-electron chi connectivity index (χ1n) is 10.4. The Morgan fingerprint density at radius 2 is 1.63 bits per heavy atom. The van der Waals surface area contributed by atoms with E-state index in [1.54, 1.807) is 6.08 Å². The Morgan fingerprint density at radius 1 is 1.07 bits per heavy atom. The van der Waals surface area contributed by atoms with Gasteiger partial charge in [-0.3, -0.25) is 4.79 Å². The van der Waals surface area contributed by atoms with Crippen LogP contribution in [0, 0.1) is 19.8 Å². The van der Waals surface area contributed by atoms with Gasteiger partial charge < -0.3 is 10.0 Å². The van der Waals surface area contributed by atoms with Crippen LogP contribution in [0.25, 0.3) is 12.2 Å². The van der Waals surface area contributed by atoms with Crippen LogP contribution in [0.5, 0.6) is 0 Å². The summed E-state index contributed by atoms with van der Waals surface area (Å²) < 4.78 is 0. The Kier molecular flexibility index (Phi) is 8.60. The van der Waals surface area contributed by atoms with E-state index in [0.717, 1.165) is 35.3 Å². The average molecular weight is 426 g/mol. The van der Waals surface area contributed by atoms with E-state index >= 15 is 0 Å². The lowest BCUT2D eigenvalue weighted by Gasteiger charge is -2.41. The first kappa shape index (κ1) is 24.1. The van der Waals surface area contributed by atoms with E-state index in [9.17, 15) is 9.90 Å². The van der Waals surface area contributed by atoms with E-state index in [1.165, 1.54) is 0 Å². The molecule has 160 valence electrons. The van der Waals surface area contributed by atoms with Gasteiger partial charge >= 0.3 is 0 Å². The largest absolute Gasteiger partial charge is 0.385 e. The summed E-state index contributed by atoms with van der Waals surface area (Å²) >= 11 is 0. The highest BCUT2D eigenvalue weighted by molar-refractivity contribution is 5.96. The van der Waals surface area contributed by atoms with E-state index in [2.05, 4.69) is 24.8 Å². The summed E-state index contributed by atoms with van der Waals surface area (Å²) in [5.41, 5.74) is 3.25. The molecule has 30 heavy (non-hydrogen) atoms. The predicted octanol–water partition coefficient (Wildman–Crippen LogP) is 5.09. The second-order valence-electron chi connectivity index (χ2n) is 7.97. The van der Waals surface area contributed by atoms with Gasteiger partial charge in [-0.15, -0.1) is 12.4 Å². The van der Waals surface area contributed by atoms with E-state index in [4.69, 9.17) is 0 Å². The number of carbonyl (C=O) groups is 1. The van der Waals surface area contributed by atoms with Gasteiger partial charge in [0.25, 0.3) is 0 Å². The highest BCUT2D eigenvalue weighted by Crippen LogP contribution is 2.32. The van der Waals surface area contributed by atoms with Crippen molar-refractivity contribution in [1.82, 2.24) is 4.90 Å². The van der Waals surface area contributed by atoms with Crippen LogP contribution < -0.4 is 0 Å². The van der Waals surface area contributed by atoms with Gasteiger partial charge in [0.2, 0.25) is 0 Å². The Hall–Kier alpha value is -2.20. The van der Waals surface area contributed by atoms with Crippen LogP contribution in [-0.4, -0.2) is 41.0 Å². The SMILES string of the molecule is CCN1CC[C@@](O)(/C=C/c2ccccc2C)[C@H](C(=O)/C=C/c2ccccc2C)C1.Cl. The van der Waals surface area contributed by atoms with Gasteiger partial charge in [-0.2, -0.15) is 0 Å². The van der Waals surface area contributed by atoms with Gasteiger partial charge in [-0.25, -0.2) is 0 Å². The molecule has 1 aliphatic rings. The number of piperidine rings is 1. The monoisotopic (exact) mass is 425 g/mol. The summed E-state index contributed by atoms with van der Waals surface area (Å²) in [5.74, 6) is -0.500. The zero-order valence-corrected chi connectivity index (χ0v) is 18.9. The molecule has 1 heterocycles. The molecule has 0 amide bonds. The third-order valence-corrected chi connectivity index (χ3v) is 6.02. The lowest BCUT2D eigenvalue weighted by atomic mass is 9.77. The van der Waals surface area contributed by atoms with Gasteiger partial charge in [0, 0.05) is 13.1 Å². The van der Waals surface area contributed by atoms with E-state index in [-0.39, 0.29) is 18.2 Å². The number of benzene rings is 2. The fourth-order valence-corrected chi connectivity index (χ4v) is 3.91. The van der Waals surface area contributed by atoms with E-state index in [1.807, 2.05) is 67.6 Å². The minimum absolute atomic E-state index is 0. The van der Waals surface area contributed by atoms with Crippen LogP contribution in [0.1, 0.15) is 35.6 Å². The Labute approximate surface area is 186 Å². The van der Waals surface area contributed by atoms with Crippen molar-refractivity contribution in [2.75, 3.05) is 19.6 Å². The second-order valence-corrected chi connectivity index (χ2v) is 7.97. The molecule has 0 unspecified atom stereocenters. The first-order valence-corrected chi connectivity index (χ1v) is 10.4. The fraction of sp³-hybridized carbons (Fsp3) is 0.346. The normalized spacial score (nSPS) is 22.3. The van der Waals surface area contributed by atoms with Gasteiger partial charge in [0.15, 0.2) is 5.78 Å². The van der Waals surface area contributed by atoms with Gasteiger partial charge in [0.05, 0.1) is 11.5 Å². The zero-order valence-electron chi connectivity index (χ0n) is 18.0. The van der Waals surface area contributed by atoms with Crippen molar-refractivity contribution < 1.29 is 9.90 Å². The maximum Gasteiger partial charge on any atom is 0.163 e. The van der Waals surface area contributed by atoms with Gasteiger partial charge in [-0.1, -0.05) is 73.7 Å². The van der Waals surface area contributed by atoms with Crippen LogP contribution >= 0.6 is 12.4 Å². The Morgan fingerprint density at radius 3 is 2.20 bits per heavy atom. The smallest absolute Gasteiger partial charge is 0.163 e. The summed E-state index contributed by atoms with van der Waals surface area (Å²) in [4.78, 5) is 15.4. The minimum atomic E-state index is -1.14. The minimum Gasteiger partial charge on any atom is -0.385 e. The molecule has 0 radical (unpaired) electrons. The number of rotatable bonds is 6. The van der Waals surface area contributed by atoms with Crippen molar-refractivity contribution in [2.45, 2.75) is 32.8 Å². The number of carbonyl (C=O) groups excluding carboxylic acids is 1. The van der Waals surface area contributed by atoms with Crippen LogP contribution in [-0.2, 0) is 4.79 Å². The van der Waals surface area contributed by atoms with Crippen molar-refractivity contribution >= 4 is 30.3 Å². The molecule has 4 heteroatoms. The molecule has 3 rings (SSSR count). The molecule has 3 nitrogen and oxygen atoms in total. The molecule has 0 spiro atoms. The number of hydrogen-bond donors (Lipinski definition) is 1. The summed E-state index contributed by atoms with van der Waals surface area (Å²) in [5, 5.41) is 11.5. The first-order chi connectivity index (χ1) is 13.9. The summed E-state index contributed by atoms with van der Waals surface area (Å²) in [6.07, 6.45) is 7.86. The van der Waals surface area contributed by atoms with Crippen molar-refractivity contribution in [2.24, 2.45) is 5.92 Å². The van der Waals surface area contributed by atoms with Gasteiger partial charge in [0.1, 0.15) is 0 Å². The number of aliphatic hydroxyl groups is 1. The highest BCUT2D eigenvalue weighted by atomic mass is 35.5. The third kappa shape index (κ3) is 5.69. The fourth-order valence-electron chi connectivity index (χ4n) is 3.91. The summed E-state index contributed by atoms with van der Waals surface area (Å²) in [6, 6.07) is 16.1. The van der Waals surface area contributed by atoms with Crippen LogP contribution in [0.4, 0.5) is 0 Å². The number of hydrogen-bond acceptors (Lipinski definition) is 3. The zero-order chi connectivity index (χ0) is 20.9. The topological polar surface area (TPSA) is 40.5 Å². The number of aryl methyl sites for hydroxylation is 2. The van der Waals surface area contributed by atoms with Crippen LogP contribution in [0.15, 0.2) is 60.7 Å². The molecule has 0 aromatic heterocycles. The standard InChI is InChI=1S/C26H31NO2.ClH/c1-4-27-18-17-26(29,16-15-23-12-8-6-10-21(23)3)24(19-27)25(28)14-13-22-11-7-5-9-20(22)2;/h5-16,24,29H,4,17-19H2,1-3H3;1H/b14-13+,16-15+;/t24-,26-;/m0./s1. The Bertz CT molecular complexity index is 921. The lowest BCUT2D eigenvalue weighted by molar-refractivity contribution is -0.129. The number of allylic oxidation sites excluding steroid dienone is 1. The van der Waals surface area contributed by atoms with Crippen molar-refractivity contribution in [1.29, 1.82) is 0 Å². The molecule has 0 saturated carbocycles. The number of halogens is 1. The Balaban J connectivity index is 0.00000320. The maximum absolute atomic E-state index is 13.1. The molecule has 2 aromatic rings. The van der Waals surface area contributed by atoms with Crippen LogP contribution in [0.3, 0.4) is 0 Å². The predicted molar refractivity (Wildman–Crippen MR) is 128 cm³/mol. The molecule has 2 atom stereocenters.